The van der Waals surface area contributed by atoms with Crippen LogP contribution in [0.25, 0.3) is 0 Å². The van der Waals surface area contributed by atoms with Crippen molar-refractivity contribution in [1.82, 2.24) is 9.88 Å². The lowest BCUT2D eigenvalue weighted by molar-refractivity contribution is -0.187. The van der Waals surface area contributed by atoms with E-state index in [0.29, 0.717) is 19.5 Å². The van der Waals surface area contributed by atoms with Crippen LogP contribution in [0.15, 0.2) is 5.38 Å². The molecule has 2 heterocycles. The van der Waals surface area contributed by atoms with E-state index in [4.69, 9.17) is 5.73 Å². The van der Waals surface area contributed by atoms with E-state index in [2.05, 4.69) is 4.98 Å². The van der Waals surface area contributed by atoms with Gasteiger partial charge in [-0.1, -0.05) is 0 Å². The topological polar surface area (TPSA) is 42.1 Å². The van der Waals surface area contributed by atoms with Crippen LogP contribution in [0.4, 0.5) is 13.2 Å². The Kier molecular flexibility index (Phi) is 4.47. The van der Waals surface area contributed by atoms with Crippen LogP contribution in [0.5, 0.6) is 0 Å². The van der Waals surface area contributed by atoms with Gasteiger partial charge in [0.15, 0.2) is 0 Å². The molecule has 2 atom stereocenters. The van der Waals surface area contributed by atoms with Crippen LogP contribution in [-0.2, 0) is 6.54 Å². The summed E-state index contributed by atoms with van der Waals surface area (Å²) in [6.45, 7) is 3.12. The van der Waals surface area contributed by atoms with E-state index in [1.807, 2.05) is 17.2 Å². The van der Waals surface area contributed by atoms with Gasteiger partial charge in [-0.25, -0.2) is 4.98 Å². The SMILES string of the molecule is CC(N)c1nc(CN2CCCC(C(F)(F)F)C2)cs1. The predicted octanol–water partition coefficient (Wildman–Crippen LogP) is 2.94. The van der Waals surface area contributed by atoms with E-state index < -0.39 is 12.1 Å². The molecular formula is C12H18F3N3S. The molecule has 3 nitrogen and oxygen atoms in total. The predicted molar refractivity (Wildman–Crippen MR) is 68.8 cm³/mol. The average Bonchev–Trinajstić information content (AvgIpc) is 2.77. The highest BCUT2D eigenvalue weighted by atomic mass is 32.1. The second-order valence-electron chi connectivity index (χ2n) is 5.08. The third-order valence-electron chi connectivity index (χ3n) is 3.31. The highest BCUT2D eigenvalue weighted by Crippen LogP contribution is 2.33. The normalized spacial score (nSPS) is 23.5. The summed E-state index contributed by atoms with van der Waals surface area (Å²) in [5.74, 6) is -1.20. The number of piperidine rings is 1. The van der Waals surface area contributed by atoms with Gasteiger partial charge in [-0.05, 0) is 26.3 Å². The summed E-state index contributed by atoms with van der Waals surface area (Å²) in [5, 5.41) is 2.72. The van der Waals surface area contributed by atoms with E-state index in [1.54, 1.807) is 0 Å². The number of halogens is 3. The molecule has 0 saturated carbocycles. The smallest absolute Gasteiger partial charge is 0.322 e. The minimum absolute atomic E-state index is 0.0779. The summed E-state index contributed by atoms with van der Waals surface area (Å²) in [6.07, 6.45) is -3.26. The van der Waals surface area contributed by atoms with Gasteiger partial charge >= 0.3 is 6.18 Å². The molecule has 108 valence electrons. The van der Waals surface area contributed by atoms with Crippen molar-refractivity contribution < 1.29 is 13.2 Å². The summed E-state index contributed by atoms with van der Waals surface area (Å²) < 4.78 is 38.1. The van der Waals surface area contributed by atoms with Crippen LogP contribution in [0.2, 0.25) is 0 Å². The maximum atomic E-state index is 12.7. The van der Waals surface area contributed by atoms with Gasteiger partial charge in [-0.3, -0.25) is 4.90 Å². The third kappa shape index (κ3) is 3.90. The van der Waals surface area contributed by atoms with Gasteiger partial charge in [0.1, 0.15) is 5.01 Å². The number of likely N-dealkylation sites (tertiary alicyclic amines) is 1. The first-order valence-corrected chi connectivity index (χ1v) is 7.23. The number of nitrogens with two attached hydrogens (primary N) is 1. The zero-order chi connectivity index (χ0) is 14.0. The Labute approximate surface area is 114 Å². The van der Waals surface area contributed by atoms with Crippen LogP contribution in [0.3, 0.4) is 0 Å². The average molecular weight is 293 g/mol. The molecule has 2 rings (SSSR count). The van der Waals surface area contributed by atoms with Crippen LogP contribution < -0.4 is 5.73 Å². The Balaban J connectivity index is 1.95. The second-order valence-corrected chi connectivity index (χ2v) is 5.97. The highest BCUT2D eigenvalue weighted by molar-refractivity contribution is 7.09. The van der Waals surface area contributed by atoms with Gasteiger partial charge in [0, 0.05) is 18.5 Å². The van der Waals surface area contributed by atoms with Gasteiger partial charge < -0.3 is 5.73 Å². The number of alkyl halides is 3. The van der Waals surface area contributed by atoms with Crippen molar-refractivity contribution >= 4 is 11.3 Å². The molecule has 0 spiro atoms. The number of nitrogens with zero attached hydrogens (tertiary/aromatic N) is 2. The van der Waals surface area contributed by atoms with Crippen molar-refractivity contribution in [3.8, 4) is 0 Å². The molecule has 2 N–H and O–H groups in total. The minimum atomic E-state index is -4.09. The first kappa shape index (κ1) is 14.7. The number of rotatable bonds is 3. The summed E-state index contributed by atoms with van der Waals surface area (Å²) >= 11 is 1.47. The molecular weight excluding hydrogens is 275 g/mol. The zero-order valence-electron chi connectivity index (χ0n) is 10.8. The second kappa shape index (κ2) is 5.76. The van der Waals surface area contributed by atoms with Gasteiger partial charge in [0.05, 0.1) is 17.7 Å². The summed E-state index contributed by atoms with van der Waals surface area (Å²) in [6, 6.07) is -0.122. The molecule has 7 heteroatoms. The Morgan fingerprint density at radius 2 is 2.32 bits per heavy atom. The zero-order valence-corrected chi connectivity index (χ0v) is 11.6. The lowest BCUT2D eigenvalue weighted by Gasteiger charge is -2.33. The standard InChI is InChI=1S/C12H18F3N3S/c1-8(16)11-17-10(7-19-11)6-18-4-2-3-9(5-18)12(13,14)15/h7-9H,2-6,16H2,1H3. The first-order valence-electron chi connectivity index (χ1n) is 6.35. The van der Waals surface area contributed by atoms with Crippen molar-refractivity contribution in [3.05, 3.63) is 16.1 Å². The molecule has 1 fully saturated rings. The molecule has 1 aliphatic heterocycles. The van der Waals surface area contributed by atoms with Crippen molar-refractivity contribution in [2.24, 2.45) is 11.7 Å². The number of hydrogen-bond donors (Lipinski definition) is 1. The van der Waals surface area contributed by atoms with Crippen LogP contribution in [0.1, 0.15) is 36.5 Å². The van der Waals surface area contributed by atoms with Crippen molar-refractivity contribution in [1.29, 1.82) is 0 Å². The van der Waals surface area contributed by atoms with Crippen LogP contribution >= 0.6 is 11.3 Å². The summed E-state index contributed by atoms with van der Waals surface area (Å²) in [5.41, 5.74) is 6.54. The molecule has 1 aromatic rings. The maximum absolute atomic E-state index is 12.7. The van der Waals surface area contributed by atoms with Gasteiger partial charge in [0.25, 0.3) is 0 Å². The lowest BCUT2D eigenvalue weighted by atomic mass is 9.97. The number of thiazole rings is 1. The fourth-order valence-electron chi connectivity index (χ4n) is 2.30. The Hall–Kier alpha value is -0.660. The van der Waals surface area contributed by atoms with E-state index in [0.717, 1.165) is 10.7 Å². The van der Waals surface area contributed by atoms with Gasteiger partial charge in [-0.15, -0.1) is 11.3 Å². The molecule has 0 aliphatic carbocycles. The van der Waals surface area contributed by atoms with Crippen LogP contribution in [0, 0.1) is 5.92 Å². The maximum Gasteiger partial charge on any atom is 0.393 e. The third-order valence-corrected chi connectivity index (χ3v) is 4.41. The molecule has 2 unspecified atom stereocenters. The van der Waals surface area contributed by atoms with Crippen molar-refractivity contribution in [2.75, 3.05) is 13.1 Å². The Morgan fingerprint density at radius 3 is 2.89 bits per heavy atom. The van der Waals surface area contributed by atoms with Crippen LogP contribution in [-0.4, -0.2) is 29.1 Å². The van der Waals surface area contributed by atoms with E-state index in [9.17, 15) is 13.2 Å². The lowest BCUT2D eigenvalue weighted by Crippen LogP contribution is -2.41. The minimum Gasteiger partial charge on any atom is -0.322 e. The van der Waals surface area contributed by atoms with Gasteiger partial charge in [0.2, 0.25) is 0 Å². The quantitative estimate of drug-likeness (QED) is 0.931. The first-order chi connectivity index (χ1) is 8.86. The monoisotopic (exact) mass is 293 g/mol. The molecule has 1 saturated heterocycles. The molecule has 0 amide bonds. The van der Waals surface area contributed by atoms with E-state index in [1.165, 1.54) is 11.3 Å². The van der Waals surface area contributed by atoms with E-state index >= 15 is 0 Å². The highest BCUT2D eigenvalue weighted by Gasteiger charge is 2.41. The van der Waals surface area contributed by atoms with Crippen molar-refractivity contribution in [2.45, 2.75) is 38.5 Å². The Morgan fingerprint density at radius 1 is 1.58 bits per heavy atom. The number of aromatic nitrogens is 1. The fourth-order valence-corrected chi connectivity index (χ4v) is 3.07. The summed E-state index contributed by atoms with van der Waals surface area (Å²) in [7, 11) is 0. The number of hydrogen-bond acceptors (Lipinski definition) is 4. The largest absolute Gasteiger partial charge is 0.393 e. The molecule has 1 aliphatic rings. The van der Waals surface area contributed by atoms with Gasteiger partial charge in [-0.2, -0.15) is 13.2 Å². The molecule has 0 aromatic carbocycles. The molecule has 1 aromatic heterocycles. The van der Waals surface area contributed by atoms with E-state index in [-0.39, 0.29) is 19.0 Å². The molecule has 0 radical (unpaired) electrons. The fraction of sp³-hybridized carbons (Fsp3) is 0.750. The van der Waals surface area contributed by atoms with Crippen molar-refractivity contribution in [3.63, 3.8) is 0 Å². The Bertz CT molecular complexity index is 417. The summed E-state index contributed by atoms with van der Waals surface area (Å²) in [4.78, 5) is 6.20. The molecule has 19 heavy (non-hydrogen) atoms. The molecule has 0 bridgehead atoms.